The number of hydrogen-bond donors (Lipinski definition) is 2. The van der Waals surface area contributed by atoms with E-state index in [1.165, 1.54) is 0 Å². The van der Waals surface area contributed by atoms with E-state index in [-0.39, 0.29) is 6.04 Å². The first-order chi connectivity index (χ1) is 8.77. The minimum absolute atomic E-state index is 0.178. The first-order valence-electron chi connectivity index (χ1n) is 5.78. The molecule has 2 aromatic rings. The lowest BCUT2D eigenvalue weighted by Crippen LogP contribution is -2.30. The van der Waals surface area contributed by atoms with Crippen LogP contribution in [0.3, 0.4) is 0 Å². The molecule has 94 valence electrons. The molecular weight excluding hydrogens is 226 g/mol. The van der Waals surface area contributed by atoms with Gasteiger partial charge >= 0.3 is 0 Å². The van der Waals surface area contributed by atoms with E-state index in [2.05, 4.69) is 10.4 Å². The third-order valence-electron chi connectivity index (χ3n) is 2.94. The van der Waals surface area contributed by atoms with Crippen LogP contribution in [0.5, 0.6) is 5.75 Å². The van der Waals surface area contributed by atoms with Crippen molar-refractivity contribution in [3.05, 3.63) is 59.4 Å². The Bertz CT molecular complexity index is 528. The van der Waals surface area contributed by atoms with E-state index >= 15 is 0 Å². The second-order valence-corrected chi connectivity index (χ2v) is 4.05. The summed E-state index contributed by atoms with van der Waals surface area (Å²) >= 11 is 0. The van der Waals surface area contributed by atoms with Gasteiger partial charge in [-0.2, -0.15) is 0 Å². The molecule has 1 aromatic heterocycles. The van der Waals surface area contributed by atoms with Crippen LogP contribution in [0.15, 0.2) is 42.6 Å². The number of hydrogen-bond acceptors (Lipinski definition) is 4. The number of nitrogens with two attached hydrogens (primary N) is 1. The summed E-state index contributed by atoms with van der Waals surface area (Å²) in [6, 6.07) is 11.5. The highest BCUT2D eigenvalue weighted by Crippen LogP contribution is 2.29. The highest BCUT2D eigenvalue weighted by molar-refractivity contribution is 5.41. The number of nitrogens with zero attached hydrogens (tertiary/aromatic N) is 1. The van der Waals surface area contributed by atoms with Crippen molar-refractivity contribution >= 4 is 0 Å². The summed E-state index contributed by atoms with van der Waals surface area (Å²) < 4.78 is 5.37. The predicted molar refractivity (Wildman–Crippen MR) is 71.1 cm³/mol. The number of aromatic nitrogens is 1. The lowest BCUT2D eigenvalue weighted by atomic mass is 9.99. The van der Waals surface area contributed by atoms with Crippen LogP contribution in [-0.2, 0) is 0 Å². The smallest absolute Gasteiger partial charge is 0.124 e. The Morgan fingerprint density at radius 3 is 2.67 bits per heavy atom. The highest BCUT2D eigenvalue weighted by Gasteiger charge is 2.19. The van der Waals surface area contributed by atoms with E-state index in [9.17, 15) is 0 Å². The maximum Gasteiger partial charge on any atom is 0.124 e. The minimum Gasteiger partial charge on any atom is -0.496 e. The molecule has 0 spiro atoms. The quantitative estimate of drug-likeness (QED) is 0.636. The SMILES string of the molecule is COc1ccccc1C(NN)c1ncccc1C. The Morgan fingerprint density at radius 1 is 1.22 bits per heavy atom. The zero-order valence-corrected chi connectivity index (χ0v) is 10.6. The number of ether oxygens (including phenoxy) is 1. The fraction of sp³-hybridized carbons (Fsp3) is 0.214. The van der Waals surface area contributed by atoms with Gasteiger partial charge in [0.25, 0.3) is 0 Å². The standard InChI is InChI=1S/C14H17N3O/c1-10-6-5-9-16-13(10)14(17-15)11-7-3-4-8-12(11)18-2/h3-9,14,17H,15H2,1-2H3. The van der Waals surface area contributed by atoms with Gasteiger partial charge in [0.2, 0.25) is 0 Å². The van der Waals surface area contributed by atoms with Gasteiger partial charge in [0.1, 0.15) is 5.75 Å². The second kappa shape index (κ2) is 5.62. The largest absolute Gasteiger partial charge is 0.496 e. The molecule has 0 aliphatic carbocycles. The van der Waals surface area contributed by atoms with Crippen molar-refractivity contribution in [3.8, 4) is 5.75 Å². The zero-order chi connectivity index (χ0) is 13.0. The van der Waals surface area contributed by atoms with Crippen molar-refractivity contribution in [1.82, 2.24) is 10.4 Å². The molecule has 2 rings (SSSR count). The first kappa shape index (κ1) is 12.5. The van der Waals surface area contributed by atoms with Crippen LogP contribution >= 0.6 is 0 Å². The molecule has 0 bridgehead atoms. The van der Waals surface area contributed by atoms with Crippen LogP contribution in [0.1, 0.15) is 22.9 Å². The van der Waals surface area contributed by atoms with Gasteiger partial charge in [0.05, 0.1) is 18.8 Å². The van der Waals surface area contributed by atoms with Gasteiger partial charge in [-0.15, -0.1) is 0 Å². The fourth-order valence-corrected chi connectivity index (χ4v) is 2.02. The summed E-state index contributed by atoms with van der Waals surface area (Å²) in [5.41, 5.74) is 5.78. The molecule has 0 aliphatic heterocycles. The number of hydrazine groups is 1. The van der Waals surface area contributed by atoms with Gasteiger partial charge in [0.15, 0.2) is 0 Å². The third-order valence-corrected chi connectivity index (χ3v) is 2.94. The Morgan fingerprint density at radius 2 is 2.00 bits per heavy atom. The molecular formula is C14H17N3O. The topological polar surface area (TPSA) is 60.2 Å². The van der Waals surface area contributed by atoms with Gasteiger partial charge in [-0.1, -0.05) is 24.3 Å². The van der Waals surface area contributed by atoms with Crippen molar-refractivity contribution < 1.29 is 4.74 Å². The Balaban J connectivity index is 2.49. The monoisotopic (exact) mass is 243 g/mol. The van der Waals surface area contributed by atoms with E-state index < -0.39 is 0 Å². The number of rotatable bonds is 4. The van der Waals surface area contributed by atoms with Crippen LogP contribution in [0, 0.1) is 6.92 Å². The Labute approximate surface area is 107 Å². The van der Waals surface area contributed by atoms with Crippen molar-refractivity contribution in [1.29, 1.82) is 0 Å². The number of methoxy groups -OCH3 is 1. The Kier molecular flexibility index (Phi) is 3.92. The van der Waals surface area contributed by atoms with E-state index in [0.29, 0.717) is 0 Å². The molecule has 0 aliphatic rings. The summed E-state index contributed by atoms with van der Waals surface area (Å²) in [6.45, 7) is 2.02. The first-order valence-corrected chi connectivity index (χ1v) is 5.78. The van der Waals surface area contributed by atoms with E-state index in [4.69, 9.17) is 10.6 Å². The van der Waals surface area contributed by atoms with Gasteiger partial charge in [0, 0.05) is 11.8 Å². The number of nitrogens with one attached hydrogen (secondary N) is 1. The van der Waals surface area contributed by atoms with Gasteiger partial charge in [-0.25, -0.2) is 5.43 Å². The van der Waals surface area contributed by atoms with E-state index in [1.807, 2.05) is 43.3 Å². The van der Waals surface area contributed by atoms with Crippen LogP contribution in [0.25, 0.3) is 0 Å². The van der Waals surface area contributed by atoms with E-state index in [1.54, 1.807) is 13.3 Å². The average molecular weight is 243 g/mol. The molecule has 1 atom stereocenters. The Hall–Kier alpha value is -1.91. The van der Waals surface area contributed by atoms with E-state index in [0.717, 1.165) is 22.6 Å². The average Bonchev–Trinajstić information content (AvgIpc) is 2.42. The molecule has 0 saturated carbocycles. The summed E-state index contributed by atoms with van der Waals surface area (Å²) in [5.74, 6) is 6.48. The van der Waals surface area contributed by atoms with Crippen molar-refractivity contribution in [3.63, 3.8) is 0 Å². The van der Waals surface area contributed by atoms with Crippen LogP contribution in [0.4, 0.5) is 0 Å². The predicted octanol–water partition coefficient (Wildman–Crippen LogP) is 1.95. The van der Waals surface area contributed by atoms with Crippen molar-refractivity contribution in [2.24, 2.45) is 5.84 Å². The molecule has 3 N–H and O–H groups in total. The molecule has 0 radical (unpaired) electrons. The van der Waals surface area contributed by atoms with Gasteiger partial charge in [-0.05, 0) is 24.6 Å². The molecule has 4 heteroatoms. The molecule has 0 fully saturated rings. The maximum absolute atomic E-state index is 5.68. The lowest BCUT2D eigenvalue weighted by Gasteiger charge is -2.20. The molecule has 1 aromatic carbocycles. The van der Waals surface area contributed by atoms with Crippen molar-refractivity contribution in [2.45, 2.75) is 13.0 Å². The summed E-state index contributed by atoms with van der Waals surface area (Å²) in [6.07, 6.45) is 1.77. The van der Waals surface area contributed by atoms with Gasteiger partial charge in [-0.3, -0.25) is 10.8 Å². The number of benzene rings is 1. The second-order valence-electron chi connectivity index (χ2n) is 4.05. The van der Waals surface area contributed by atoms with Crippen LogP contribution < -0.4 is 16.0 Å². The van der Waals surface area contributed by atoms with Crippen molar-refractivity contribution in [2.75, 3.05) is 7.11 Å². The molecule has 0 amide bonds. The van der Waals surface area contributed by atoms with Crippen LogP contribution in [-0.4, -0.2) is 12.1 Å². The normalized spacial score (nSPS) is 12.2. The molecule has 0 saturated heterocycles. The number of para-hydroxylation sites is 1. The molecule has 4 nitrogen and oxygen atoms in total. The number of aryl methyl sites for hydroxylation is 1. The maximum atomic E-state index is 5.68. The summed E-state index contributed by atoms with van der Waals surface area (Å²) in [4.78, 5) is 4.40. The third kappa shape index (κ3) is 2.34. The summed E-state index contributed by atoms with van der Waals surface area (Å²) in [5, 5.41) is 0. The lowest BCUT2D eigenvalue weighted by molar-refractivity contribution is 0.403. The molecule has 18 heavy (non-hydrogen) atoms. The van der Waals surface area contributed by atoms with Crippen LogP contribution in [0.2, 0.25) is 0 Å². The molecule has 1 heterocycles. The fourth-order valence-electron chi connectivity index (χ4n) is 2.02. The molecule has 1 unspecified atom stereocenters. The zero-order valence-electron chi connectivity index (χ0n) is 10.6. The number of pyridine rings is 1. The summed E-state index contributed by atoms with van der Waals surface area (Å²) in [7, 11) is 1.65. The highest BCUT2D eigenvalue weighted by atomic mass is 16.5. The van der Waals surface area contributed by atoms with Gasteiger partial charge < -0.3 is 4.74 Å². The minimum atomic E-state index is -0.178.